The van der Waals surface area contributed by atoms with Gasteiger partial charge in [0.15, 0.2) is 0 Å². The summed E-state index contributed by atoms with van der Waals surface area (Å²) in [6.07, 6.45) is -4.49. The van der Waals surface area contributed by atoms with Gasteiger partial charge in [-0.15, -0.1) is 0 Å². The molecule has 0 bridgehead atoms. The zero-order valence-corrected chi connectivity index (χ0v) is 12.7. The van der Waals surface area contributed by atoms with E-state index in [-0.39, 0.29) is 11.0 Å². The minimum atomic E-state index is -4.49. The molecule has 1 aromatic carbocycles. The summed E-state index contributed by atoms with van der Waals surface area (Å²) in [5, 5.41) is 2.79. The fourth-order valence-corrected chi connectivity index (χ4v) is 2.38. The maximum atomic E-state index is 12.7. The van der Waals surface area contributed by atoms with Crippen molar-refractivity contribution in [3.05, 3.63) is 50.5 Å². The Labute approximate surface area is 131 Å². The summed E-state index contributed by atoms with van der Waals surface area (Å²) in [5.41, 5.74) is -0.453. The lowest BCUT2D eigenvalue weighted by Crippen LogP contribution is -2.06. The molecule has 1 N–H and O–H groups in total. The highest BCUT2D eigenvalue weighted by Gasteiger charge is 2.31. The van der Waals surface area contributed by atoms with Crippen LogP contribution in [0.5, 0.6) is 0 Å². The van der Waals surface area contributed by atoms with Gasteiger partial charge in [0.1, 0.15) is 11.0 Å². The van der Waals surface area contributed by atoms with Crippen LogP contribution in [0.25, 0.3) is 0 Å². The number of aromatic nitrogens is 1. The van der Waals surface area contributed by atoms with Gasteiger partial charge < -0.3 is 5.32 Å². The predicted molar refractivity (Wildman–Crippen MR) is 76.7 cm³/mol. The van der Waals surface area contributed by atoms with Crippen LogP contribution in [0.3, 0.4) is 0 Å². The summed E-state index contributed by atoms with van der Waals surface area (Å²) in [6, 6.07) is 6.55. The number of nitrogens with one attached hydrogen (secondary N) is 1. The number of alkyl halides is 3. The van der Waals surface area contributed by atoms with Crippen LogP contribution in [0.2, 0.25) is 10.2 Å². The average Bonchev–Trinajstić information content (AvgIpc) is 2.31. The first-order chi connectivity index (χ1) is 9.25. The normalized spacial score (nSPS) is 11.5. The van der Waals surface area contributed by atoms with Crippen molar-refractivity contribution >= 4 is 50.6 Å². The van der Waals surface area contributed by atoms with Crippen molar-refractivity contribution in [1.82, 2.24) is 4.98 Å². The van der Waals surface area contributed by atoms with Crippen LogP contribution in [-0.2, 0) is 6.18 Å². The van der Waals surface area contributed by atoms with E-state index < -0.39 is 11.7 Å². The van der Waals surface area contributed by atoms with E-state index in [9.17, 15) is 13.2 Å². The highest BCUT2D eigenvalue weighted by molar-refractivity contribution is 9.10. The van der Waals surface area contributed by atoms with E-state index in [4.69, 9.17) is 23.2 Å². The van der Waals surface area contributed by atoms with Crippen LogP contribution < -0.4 is 5.32 Å². The van der Waals surface area contributed by atoms with Gasteiger partial charge in [0.05, 0.1) is 16.3 Å². The van der Waals surface area contributed by atoms with Gasteiger partial charge in [-0.05, 0) is 30.3 Å². The molecule has 106 valence electrons. The summed E-state index contributed by atoms with van der Waals surface area (Å²) in [6.45, 7) is 0. The molecule has 0 fully saturated rings. The molecule has 2 nitrogen and oxygen atoms in total. The maximum absolute atomic E-state index is 12.7. The van der Waals surface area contributed by atoms with E-state index in [0.29, 0.717) is 10.7 Å². The second-order valence-corrected chi connectivity index (χ2v) is 5.52. The van der Waals surface area contributed by atoms with E-state index in [1.807, 2.05) is 0 Å². The monoisotopic (exact) mass is 384 g/mol. The van der Waals surface area contributed by atoms with E-state index in [1.54, 1.807) is 18.2 Å². The van der Waals surface area contributed by atoms with Crippen molar-refractivity contribution in [2.45, 2.75) is 6.18 Å². The zero-order valence-electron chi connectivity index (χ0n) is 9.60. The van der Waals surface area contributed by atoms with Gasteiger partial charge >= 0.3 is 6.18 Å². The van der Waals surface area contributed by atoms with Crippen molar-refractivity contribution in [3.63, 3.8) is 0 Å². The number of nitrogens with zero attached hydrogens (tertiary/aromatic N) is 1. The molecule has 2 rings (SSSR count). The highest BCUT2D eigenvalue weighted by atomic mass is 79.9. The van der Waals surface area contributed by atoms with Crippen molar-refractivity contribution < 1.29 is 13.2 Å². The summed E-state index contributed by atoms with van der Waals surface area (Å²) < 4.78 is 38.8. The van der Waals surface area contributed by atoms with Crippen LogP contribution in [0.1, 0.15) is 5.56 Å². The number of hydrogen-bond acceptors (Lipinski definition) is 2. The molecular weight excluding hydrogens is 380 g/mol. The van der Waals surface area contributed by atoms with Crippen LogP contribution >= 0.6 is 39.1 Å². The number of hydrogen-bond donors (Lipinski definition) is 1. The minimum absolute atomic E-state index is 0.0333. The zero-order chi connectivity index (χ0) is 14.9. The summed E-state index contributed by atoms with van der Waals surface area (Å²) in [7, 11) is 0. The lowest BCUT2D eigenvalue weighted by atomic mass is 10.2. The molecule has 20 heavy (non-hydrogen) atoms. The Morgan fingerprint density at radius 3 is 2.40 bits per heavy atom. The molecule has 1 aromatic heterocycles. The Morgan fingerprint density at radius 2 is 1.80 bits per heavy atom. The highest BCUT2D eigenvalue weighted by Crippen LogP contribution is 2.34. The third-order valence-electron chi connectivity index (χ3n) is 2.32. The fraction of sp³-hybridized carbons (Fsp3) is 0.0833. The molecule has 0 atom stereocenters. The number of anilines is 2. The summed E-state index contributed by atoms with van der Waals surface area (Å²) in [4.78, 5) is 3.79. The lowest BCUT2D eigenvalue weighted by molar-refractivity contribution is -0.137. The molecular formula is C12H6BrCl2F3N2. The number of halogens is 6. The second-order valence-electron chi connectivity index (χ2n) is 3.81. The SMILES string of the molecule is FC(F)(F)c1cc(Cl)nc(Nc2ccc(Br)cc2Cl)c1. The van der Waals surface area contributed by atoms with Crippen LogP contribution in [0.4, 0.5) is 24.7 Å². The van der Waals surface area contributed by atoms with Gasteiger partial charge in [0, 0.05) is 4.47 Å². The van der Waals surface area contributed by atoms with Gasteiger partial charge in [-0.2, -0.15) is 13.2 Å². The van der Waals surface area contributed by atoms with Crippen molar-refractivity contribution in [3.8, 4) is 0 Å². The Bertz CT molecular complexity index is 647. The van der Waals surface area contributed by atoms with Gasteiger partial charge in [-0.25, -0.2) is 4.98 Å². The van der Waals surface area contributed by atoms with Crippen LogP contribution in [0.15, 0.2) is 34.8 Å². The largest absolute Gasteiger partial charge is 0.416 e. The van der Waals surface area contributed by atoms with Gasteiger partial charge in [0.25, 0.3) is 0 Å². The Balaban J connectivity index is 2.36. The smallest absolute Gasteiger partial charge is 0.339 e. The molecule has 8 heteroatoms. The van der Waals surface area contributed by atoms with Crippen LogP contribution in [-0.4, -0.2) is 4.98 Å². The topological polar surface area (TPSA) is 24.9 Å². The van der Waals surface area contributed by atoms with Crippen LogP contribution in [0, 0.1) is 0 Å². The van der Waals surface area contributed by atoms with E-state index in [0.717, 1.165) is 16.6 Å². The Kier molecular flexibility index (Phi) is 4.46. The second kappa shape index (κ2) is 5.79. The van der Waals surface area contributed by atoms with Crippen molar-refractivity contribution in [1.29, 1.82) is 0 Å². The van der Waals surface area contributed by atoms with Crippen molar-refractivity contribution in [2.24, 2.45) is 0 Å². The minimum Gasteiger partial charge on any atom is -0.339 e. The molecule has 0 aliphatic carbocycles. The first-order valence-electron chi connectivity index (χ1n) is 5.22. The molecule has 0 aliphatic rings. The Hall–Kier alpha value is -0.980. The average molecular weight is 386 g/mol. The quantitative estimate of drug-likeness (QED) is 0.649. The lowest BCUT2D eigenvalue weighted by Gasteiger charge is -2.11. The molecule has 0 saturated heterocycles. The summed E-state index contributed by atoms with van der Waals surface area (Å²) >= 11 is 14.8. The van der Waals surface area contributed by atoms with Gasteiger partial charge in [-0.3, -0.25) is 0 Å². The predicted octanol–water partition coefficient (Wildman–Crippen LogP) is 5.91. The molecule has 0 unspecified atom stereocenters. The fourth-order valence-electron chi connectivity index (χ4n) is 1.45. The number of rotatable bonds is 2. The first kappa shape index (κ1) is 15.4. The molecule has 1 heterocycles. The van der Waals surface area contributed by atoms with Gasteiger partial charge in [-0.1, -0.05) is 39.1 Å². The van der Waals surface area contributed by atoms with Gasteiger partial charge in [0.2, 0.25) is 0 Å². The molecule has 0 aliphatic heterocycles. The number of benzene rings is 1. The third-order valence-corrected chi connectivity index (χ3v) is 3.31. The Morgan fingerprint density at radius 1 is 1.10 bits per heavy atom. The molecule has 2 aromatic rings. The third kappa shape index (κ3) is 3.77. The van der Waals surface area contributed by atoms with E-state index in [2.05, 4.69) is 26.2 Å². The van der Waals surface area contributed by atoms with E-state index >= 15 is 0 Å². The first-order valence-corrected chi connectivity index (χ1v) is 6.77. The molecule has 0 spiro atoms. The standard InChI is InChI=1S/C12H6BrCl2F3N2/c13-7-1-2-9(8(14)5-7)19-11-4-6(12(16,17)18)3-10(15)20-11/h1-5H,(H,19,20). The summed E-state index contributed by atoms with van der Waals surface area (Å²) in [5.74, 6) is -0.0333. The molecule has 0 radical (unpaired) electrons. The molecule has 0 saturated carbocycles. The van der Waals surface area contributed by atoms with E-state index in [1.165, 1.54) is 0 Å². The van der Waals surface area contributed by atoms with Crippen molar-refractivity contribution in [2.75, 3.05) is 5.32 Å². The number of pyridine rings is 1. The molecule has 0 amide bonds. The maximum Gasteiger partial charge on any atom is 0.416 e.